The van der Waals surface area contributed by atoms with Gasteiger partial charge in [-0.15, -0.1) is 0 Å². The highest BCUT2D eigenvalue weighted by Gasteiger charge is 2.20. The van der Waals surface area contributed by atoms with Crippen molar-refractivity contribution in [1.29, 1.82) is 0 Å². The Morgan fingerprint density at radius 1 is 0.642 bits per heavy atom. The van der Waals surface area contributed by atoms with Crippen molar-refractivity contribution in [3.8, 4) is 11.1 Å². The normalized spacial score (nSPS) is 14.7. The fourth-order valence-corrected chi connectivity index (χ4v) is 8.61. The van der Waals surface area contributed by atoms with Gasteiger partial charge >= 0.3 is 0 Å². The molecule has 0 saturated carbocycles. The standard InChI is InChI=1S/C52H43N/c1-35-30-32-38(33-31-35)40-24-12-26-43-42(40)25-13-28-45(43)52-48-22-7-5-20-46(48)51(47-21-6-8-23-49(47)52)39-18-10-15-36(34-39)14-2-9-29-50(53)44-27-11-17-37-16-3-4-19-41(37)44/h2-12,15-27,29-30,32,34H,13-14,28,31,33,53H2,1H3/b9-2-,50-29-. The first kappa shape index (κ1) is 32.7. The van der Waals surface area contributed by atoms with Crippen LogP contribution in [0.2, 0.25) is 0 Å². The number of rotatable bonds is 7. The largest absolute Gasteiger partial charge is 0.398 e. The minimum absolute atomic E-state index is 0.774. The van der Waals surface area contributed by atoms with Crippen molar-refractivity contribution >= 4 is 55.2 Å². The summed E-state index contributed by atoms with van der Waals surface area (Å²) in [5.74, 6) is 0. The summed E-state index contributed by atoms with van der Waals surface area (Å²) in [6, 6.07) is 48.9. The van der Waals surface area contributed by atoms with Gasteiger partial charge in [-0.25, -0.2) is 0 Å². The van der Waals surface area contributed by atoms with E-state index >= 15 is 0 Å². The third-order valence-corrected chi connectivity index (χ3v) is 11.2. The van der Waals surface area contributed by atoms with E-state index in [-0.39, 0.29) is 0 Å². The minimum Gasteiger partial charge on any atom is -0.398 e. The number of allylic oxidation sites excluding steroid dienone is 7. The van der Waals surface area contributed by atoms with Gasteiger partial charge < -0.3 is 5.73 Å². The van der Waals surface area contributed by atoms with E-state index in [1.807, 2.05) is 6.08 Å². The lowest BCUT2D eigenvalue weighted by Crippen LogP contribution is -2.33. The number of benzene rings is 7. The van der Waals surface area contributed by atoms with Crippen LogP contribution in [-0.4, -0.2) is 0 Å². The summed E-state index contributed by atoms with van der Waals surface area (Å²) >= 11 is 0. The molecule has 0 atom stereocenters. The first-order valence-electron chi connectivity index (χ1n) is 19.0. The van der Waals surface area contributed by atoms with Crippen LogP contribution in [0.15, 0.2) is 169 Å². The van der Waals surface area contributed by atoms with Crippen LogP contribution in [0.4, 0.5) is 0 Å². The summed E-state index contributed by atoms with van der Waals surface area (Å²) in [4.78, 5) is 0. The molecule has 2 N–H and O–H groups in total. The Hall–Kier alpha value is -6.18. The average Bonchev–Trinajstić information content (AvgIpc) is 3.21. The summed E-state index contributed by atoms with van der Waals surface area (Å²) < 4.78 is 0. The first-order chi connectivity index (χ1) is 26.1. The molecule has 0 unspecified atom stereocenters. The Kier molecular flexibility index (Phi) is 8.70. The predicted octanol–water partition coefficient (Wildman–Crippen LogP) is 11.8. The van der Waals surface area contributed by atoms with Crippen LogP contribution in [0.5, 0.6) is 0 Å². The number of hydrogen-bond donors (Lipinski definition) is 1. The van der Waals surface area contributed by atoms with E-state index in [2.05, 4.69) is 171 Å². The van der Waals surface area contributed by atoms with Gasteiger partial charge in [-0.2, -0.15) is 0 Å². The third-order valence-electron chi connectivity index (χ3n) is 11.2. The summed E-state index contributed by atoms with van der Waals surface area (Å²) in [6.07, 6.45) is 18.6. The fourth-order valence-electron chi connectivity index (χ4n) is 8.61. The third kappa shape index (κ3) is 6.13. The quantitative estimate of drug-likeness (QED) is 0.132. The summed E-state index contributed by atoms with van der Waals surface area (Å²) in [5.41, 5.74) is 19.4. The van der Waals surface area contributed by atoms with Crippen LogP contribution in [0.1, 0.15) is 54.9 Å². The number of hydrogen-bond acceptors (Lipinski definition) is 1. The maximum Gasteiger partial charge on any atom is 0.0393 e. The van der Waals surface area contributed by atoms with Crippen LogP contribution in [0, 0.1) is 0 Å². The highest BCUT2D eigenvalue weighted by Crippen LogP contribution is 2.42. The Morgan fingerprint density at radius 3 is 2.08 bits per heavy atom. The highest BCUT2D eigenvalue weighted by atomic mass is 14.6. The Morgan fingerprint density at radius 2 is 1.32 bits per heavy atom. The maximum atomic E-state index is 6.59. The van der Waals surface area contributed by atoms with Crippen LogP contribution >= 0.6 is 0 Å². The van der Waals surface area contributed by atoms with Crippen LogP contribution < -0.4 is 16.2 Å². The molecular weight excluding hydrogens is 639 g/mol. The van der Waals surface area contributed by atoms with Gasteiger partial charge in [0.25, 0.3) is 0 Å². The van der Waals surface area contributed by atoms with Gasteiger partial charge in [-0.1, -0.05) is 169 Å². The van der Waals surface area contributed by atoms with Crippen molar-refractivity contribution in [2.45, 2.75) is 39.0 Å². The number of nitrogens with two attached hydrogens (primary N) is 1. The smallest absolute Gasteiger partial charge is 0.0393 e. The predicted molar refractivity (Wildman–Crippen MR) is 229 cm³/mol. The SMILES string of the molecule is CC1=CC=C(c2cccc3c2=CCCC=3c2c3ccccc3c(-c3cccc(C/C=C\C=C(/N)c4cccc5ccccc45)c3)c3ccccc23)CC1. The first-order valence-corrected chi connectivity index (χ1v) is 19.0. The van der Waals surface area contributed by atoms with E-state index in [1.165, 1.54) is 87.3 Å². The second-order valence-electron chi connectivity index (χ2n) is 14.5. The van der Waals surface area contributed by atoms with E-state index in [0.717, 1.165) is 43.4 Å². The summed E-state index contributed by atoms with van der Waals surface area (Å²) in [6.45, 7) is 2.24. The molecule has 1 heteroatoms. The lowest BCUT2D eigenvalue weighted by Gasteiger charge is -2.22. The summed E-state index contributed by atoms with van der Waals surface area (Å²) in [5, 5.41) is 10.4. The molecule has 0 bridgehead atoms. The Bertz CT molecular complexity index is 2760. The van der Waals surface area contributed by atoms with Gasteiger partial charge in [-0.3, -0.25) is 0 Å². The van der Waals surface area contributed by atoms with Gasteiger partial charge in [0.15, 0.2) is 0 Å². The molecule has 0 fully saturated rings. The zero-order chi connectivity index (χ0) is 35.7. The Balaban J connectivity index is 1.13. The highest BCUT2D eigenvalue weighted by molar-refractivity contribution is 6.18. The second-order valence-corrected chi connectivity index (χ2v) is 14.5. The molecular formula is C52H43N. The van der Waals surface area contributed by atoms with Crippen molar-refractivity contribution < 1.29 is 0 Å². The van der Waals surface area contributed by atoms with Gasteiger partial charge in [0.05, 0.1) is 0 Å². The van der Waals surface area contributed by atoms with Gasteiger partial charge in [0, 0.05) is 11.3 Å². The summed E-state index contributed by atoms with van der Waals surface area (Å²) in [7, 11) is 0. The monoisotopic (exact) mass is 681 g/mol. The fraction of sp³-hybridized carbons (Fsp3) is 0.115. The molecule has 1 nitrogen and oxygen atoms in total. The second kappa shape index (κ2) is 14.1. The van der Waals surface area contributed by atoms with Crippen molar-refractivity contribution in [1.82, 2.24) is 0 Å². The van der Waals surface area contributed by atoms with E-state index in [0.29, 0.717) is 0 Å². The van der Waals surface area contributed by atoms with Gasteiger partial charge in [-0.05, 0) is 127 Å². The van der Waals surface area contributed by atoms with E-state index in [9.17, 15) is 0 Å². The van der Waals surface area contributed by atoms with Crippen LogP contribution in [-0.2, 0) is 6.42 Å². The minimum atomic E-state index is 0.774. The molecule has 9 rings (SSSR count). The molecule has 53 heavy (non-hydrogen) atoms. The lowest BCUT2D eigenvalue weighted by molar-refractivity contribution is 0.973. The van der Waals surface area contributed by atoms with E-state index in [4.69, 9.17) is 5.73 Å². The molecule has 7 aromatic rings. The molecule has 7 aromatic carbocycles. The molecule has 2 aliphatic carbocycles. The molecule has 2 aliphatic rings. The molecule has 0 heterocycles. The van der Waals surface area contributed by atoms with E-state index < -0.39 is 0 Å². The van der Waals surface area contributed by atoms with Crippen molar-refractivity contribution in [2.75, 3.05) is 0 Å². The van der Waals surface area contributed by atoms with Crippen molar-refractivity contribution in [3.05, 3.63) is 202 Å². The molecule has 0 aromatic heterocycles. The molecule has 256 valence electrons. The zero-order valence-electron chi connectivity index (χ0n) is 30.3. The molecule has 0 spiro atoms. The maximum absolute atomic E-state index is 6.59. The zero-order valence-corrected chi connectivity index (χ0v) is 30.3. The lowest BCUT2D eigenvalue weighted by atomic mass is 9.82. The molecule has 0 radical (unpaired) electrons. The molecule has 0 aliphatic heterocycles. The molecule has 0 amide bonds. The van der Waals surface area contributed by atoms with Crippen LogP contribution in [0.3, 0.4) is 0 Å². The topological polar surface area (TPSA) is 26.0 Å². The average molecular weight is 682 g/mol. The molecule has 0 saturated heterocycles. The van der Waals surface area contributed by atoms with E-state index in [1.54, 1.807) is 0 Å². The Labute approximate surface area is 312 Å². The van der Waals surface area contributed by atoms with Crippen molar-refractivity contribution in [3.63, 3.8) is 0 Å². The van der Waals surface area contributed by atoms with Gasteiger partial charge in [0.2, 0.25) is 0 Å². The number of fused-ring (bicyclic) bond motifs is 4. The van der Waals surface area contributed by atoms with Crippen LogP contribution in [0.25, 0.3) is 66.4 Å². The van der Waals surface area contributed by atoms with Gasteiger partial charge in [0.1, 0.15) is 0 Å². The van der Waals surface area contributed by atoms with Crippen molar-refractivity contribution in [2.24, 2.45) is 5.73 Å².